The quantitative estimate of drug-likeness (QED) is 0.603. The average Bonchev–Trinajstić information content (AvgIpc) is 3.62. The molecule has 0 spiro atoms. The molecule has 0 N–H and O–H groups in total. The number of carbonyl (C=O) groups excluding carboxylic acids is 2. The molecule has 1 atom stereocenters. The Balaban J connectivity index is 1.34. The summed E-state index contributed by atoms with van der Waals surface area (Å²) in [5.41, 5.74) is 0.451. The van der Waals surface area contributed by atoms with Crippen LogP contribution in [-0.4, -0.2) is 67.1 Å². The molecule has 2 aromatic rings. The van der Waals surface area contributed by atoms with E-state index in [-0.39, 0.29) is 30.3 Å². The number of hydrogen-bond acceptors (Lipinski definition) is 4. The summed E-state index contributed by atoms with van der Waals surface area (Å²) < 4.78 is 24.7. The van der Waals surface area contributed by atoms with E-state index in [1.807, 2.05) is 0 Å². The summed E-state index contributed by atoms with van der Waals surface area (Å²) >= 11 is 5.87. The lowest BCUT2D eigenvalue weighted by molar-refractivity contribution is -0.141. The van der Waals surface area contributed by atoms with E-state index in [1.54, 1.807) is 34.1 Å². The zero-order valence-electron chi connectivity index (χ0n) is 17.7. The molecule has 8 heteroatoms. The van der Waals surface area contributed by atoms with Gasteiger partial charge in [0.2, 0.25) is 0 Å². The van der Waals surface area contributed by atoms with Gasteiger partial charge in [-0.1, -0.05) is 11.6 Å². The van der Waals surface area contributed by atoms with Gasteiger partial charge in [0.1, 0.15) is 11.6 Å². The molecule has 1 saturated heterocycles. The summed E-state index contributed by atoms with van der Waals surface area (Å²) in [6.45, 7) is 2.22. The minimum absolute atomic E-state index is 0.0748. The van der Waals surface area contributed by atoms with Crippen LogP contribution in [0.1, 0.15) is 23.2 Å². The third kappa shape index (κ3) is 6.20. The van der Waals surface area contributed by atoms with Crippen LogP contribution in [0.3, 0.4) is 0 Å². The Labute approximate surface area is 191 Å². The second kappa shape index (κ2) is 10.3. The summed E-state index contributed by atoms with van der Waals surface area (Å²) in [7, 11) is 0. The van der Waals surface area contributed by atoms with Crippen molar-refractivity contribution in [2.24, 2.45) is 5.92 Å². The van der Waals surface area contributed by atoms with E-state index in [0.29, 0.717) is 55.0 Å². The normalized spacial score (nSPS) is 18.3. The molecule has 0 unspecified atom stereocenters. The summed E-state index contributed by atoms with van der Waals surface area (Å²) in [6, 6.07) is 12.4. The molecule has 1 aliphatic heterocycles. The van der Waals surface area contributed by atoms with Crippen LogP contribution in [0, 0.1) is 11.7 Å². The molecule has 0 bridgehead atoms. The van der Waals surface area contributed by atoms with Crippen LogP contribution in [0.15, 0.2) is 48.5 Å². The SMILES string of the molecule is O=C(COc1ccc(Cl)cc1)N1CCO[C@H](CN(CC2CC2)C(=O)c2ccc(F)cc2)C1. The number of benzene rings is 2. The van der Waals surface area contributed by atoms with E-state index in [1.165, 1.54) is 24.3 Å². The highest BCUT2D eigenvalue weighted by atomic mass is 35.5. The molecule has 0 aromatic heterocycles. The maximum Gasteiger partial charge on any atom is 0.260 e. The lowest BCUT2D eigenvalue weighted by Gasteiger charge is -2.36. The summed E-state index contributed by atoms with van der Waals surface area (Å²) in [6.07, 6.45) is 1.92. The smallest absolute Gasteiger partial charge is 0.260 e. The number of halogens is 2. The highest BCUT2D eigenvalue weighted by Crippen LogP contribution is 2.30. The van der Waals surface area contributed by atoms with Crippen molar-refractivity contribution >= 4 is 23.4 Å². The van der Waals surface area contributed by atoms with Crippen molar-refractivity contribution in [3.63, 3.8) is 0 Å². The Morgan fingerprint density at radius 3 is 2.50 bits per heavy atom. The van der Waals surface area contributed by atoms with E-state index in [0.717, 1.165) is 12.8 Å². The van der Waals surface area contributed by atoms with Gasteiger partial charge < -0.3 is 19.3 Å². The predicted octanol–water partition coefficient (Wildman–Crippen LogP) is 3.64. The molecular weight excluding hydrogens is 435 g/mol. The Bertz CT molecular complexity index is 934. The molecule has 1 aliphatic carbocycles. The summed E-state index contributed by atoms with van der Waals surface area (Å²) in [5, 5.41) is 0.602. The highest BCUT2D eigenvalue weighted by Gasteiger charge is 2.31. The van der Waals surface area contributed by atoms with Crippen molar-refractivity contribution in [2.75, 3.05) is 39.4 Å². The average molecular weight is 461 g/mol. The number of morpholine rings is 1. The maximum atomic E-state index is 13.3. The third-order valence-electron chi connectivity index (χ3n) is 5.65. The maximum absolute atomic E-state index is 13.3. The van der Waals surface area contributed by atoms with E-state index in [2.05, 4.69) is 0 Å². The van der Waals surface area contributed by atoms with Gasteiger partial charge in [0.05, 0.1) is 12.7 Å². The Morgan fingerprint density at radius 1 is 1.09 bits per heavy atom. The van der Waals surface area contributed by atoms with Crippen LogP contribution in [-0.2, 0) is 9.53 Å². The van der Waals surface area contributed by atoms with Crippen molar-refractivity contribution in [3.8, 4) is 5.75 Å². The van der Waals surface area contributed by atoms with Crippen molar-refractivity contribution in [1.82, 2.24) is 9.80 Å². The fraction of sp³-hybridized carbons (Fsp3) is 0.417. The predicted molar refractivity (Wildman–Crippen MR) is 118 cm³/mol. The van der Waals surface area contributed by atoms with E-state index in [9.17, 15) is 14.0 Å². The topological polar surface area (TPSA) is 59.1 Å². The van der Waals surface area contributed by atoms with Crippen LogP contribution < -0.4 is 4.74 Å². The summed E-state index contributed by atoms with van der Waals surface area (Å²) in [4.78, 5) is 29.2. The van der Waals surface area contributed by atoms with Crippen molar-refractivity contribution < 1.29 is 23.5 Å². The van der Waals surface area contributed by atoms with Crippen LogP contribution >= 0.6 is 11.6 Å². The van der Waals surface area contributed by atoms with Crippen LogP contribution in [0.4, 0.5) is 4.39 Å². The molecule has 1 saturated carbocycles. The number of amides is 2. The van der Waals surface area contributed by atoms with Gasteiger partial charge in [-0.15, -0.1) is 0 Å². The molecule has 2 aromatic carbocycles. The number of hydrogen-bond donors (Lipinski definition) is 0. The van der Waals surface area contributed by atoms with Crippen LogP contribution in [0.5, 0.6) is 5.75 Å². The summed E-state index contributed by atoms with van der Waals surface area (Å²) in [5.74, 6) is 0.421. The van der Waals surface area contributed by atoms with Gasteiger partial charge in [0, 0.05) is 36.8 Å². The molecule has 1 heterocycles. The number of nitrogens with zero attached hydrogens (tertiary/aromatic N) is 2. The third-order valence-corrected chi connectivity index (χ3v) is 5.90. The fourth-order valence-electron chi connectivity index (χ4n) is 3.70. The van der Waals surface area contributed by atoms with Gasteiger partial charge in [0.25, 0.3) is 11.8 Å². The first-order valence-electron chi connectivity index (χ1n) is 10.8. The zero-order chi connectivity index (χ0) is 22.5. The van der Waals surface area contributed by atoms with Crippen molar-refractivity contribution in [1.29, 1.82) is 0 Å². The molecule has 0 radical (unpaired) electrons. The van der Waals surface area contributed by atoms with Gasteiger partial charge in [-0.25, -0.2) is 4.39 Å². The minimum Gasteiger partial charge on any atom is -0.484 e. The van der Waals surface area contributed by atoms with Gasteiger partial charge in [-0.05, 0) is 67.3 Å². The Hall–Kier alpha value is -2.64. The molecule has 32 heavy (non-hydrogen) atoms. The largest absolute Gasteiger partial charge is 0.484 e. The molecule has 4 rings (SSSR count). The number of carbonyl (C=O) groups is 2. The van der Waals surface area contributed by atoms with Crippen LogP contribution in [0.25, 0.3) is 0 Å². The fourth-order valence-corrected chi connectivity index (χ4v) is 3.82. The van der Waals surface area contributed by atoms with E-state index >= 15 is 0 Å². The molecule has 6 nitrogen and oxygen atoms in total. The number of ether oxygens (including phenoxy) is 2. The zero-order valence-corrected chi connectivity index (χ0v) is 18.5. The number of rotatable bonds is 8. The van der Waals surface area contributed by atoms with Crippen LogP contribution in [0.2, 0.25) is 5.02 Å². The first kappa shape index (κ1) is 22.6. The first-order valence-corrected chi connectivity index (χ1v) is 11.2. The lowest BCUT2D eigenvalue weighted by atomic mass is 10.1. The van der Waals surface area contributed by atoms with Crippen molar-refractivity contribution in [3.05, 3.63) is 64.9 Å². The monoisotopic (exact) mass is 460 g/mol. The Morgan fingerprint density at radius 2 is 1.81 bits per heavy atom. The standard InChI is InChI=1S/C24H26ClFN2O4/c25-19-5-9-21(10-6-19)32-16-23(29)27-11-12-31-22(14-27)15-28(13-17-1-2-17)24(30)18-3-7-20(26)8-4-18/h3-10,17,22H,1-2,11-16H2/t22-/m0/s1. The second-order valence-electron chi connectivity index (χ2n) is 8.24. The molecule has 2 fully saturated rings. The first-order chi connectivity index (χ1) is 15.5. The van der Waals surface area contributed by atoms with Gasteiger partial charge in [-0.3, -0.25) is 9.59 Å². The molecule has 170 valence electrons. The van der Waals surface area contributed by atoms with E-state index < -0.39 is 0 Å². The second-order valence-corrected chi connectivity index (χ2v) is 8.67. The highest BCUT2D eigenvalue weighted by molar-refractivity contribution is 6.30. The van der Waals surface area contributed by atoms with Crippen molar-refractivity contribution in [2.45, 2.75) is 18.9 Å². The van der Waals surface area contributed by atoms with Gasteiger partial charge >= 0.3 is 0 Å². The molecular formula is C24H26ClFN2O4. The van der Waals surface area contributed by atoms with E-state index in [4.69, 9.17) is 21.1 Å². The lowest BCUT2D eigenvalue weighted by Crippen LogP contribution is -2.51. The van der Waals surface area contributed by atoms with Gasteiger partial charge in [-0.2, -0.15) is 0 Å². The van der Waals surface area contributed by atoms with Gasteiger partial charge in [0.15, 0.2) is 6.61 Å². The molecule has 2 aliphatic rings. The minimum atomic E-state index is -0.374. The Kier molecular flexibility index (Phi) is 7.27. The molecule has 2 amide bonds.